The molecule has 20 heavy (non-hydrogen) atoms. The van der Waals surface area contributed by atoms with Gasteiger partial charge in [-0.15, -0.1) is 5.10 Å². The minimum Gasteiger partial charge on any atom is -0.309 e. The predicted molar refractivity (Wildman–Crippen MR) is 82.0 cm³/mol. The van der Waals surface area contributed by atoms with Gasteiger partial charge in [-0.05, 0) is 51.3 Å². The summed E-state index contributed by atoms with van der Waals surface area (Å²) in [5.41, 5.74) is 3.38. The van der Waals surface area contributed by atoms with Crippen molar-refractivity contribution in [2.75, 3.05) is 6.54 Å². The molecule has 0 saturated heterocycles. The van der Waals surface area contributed by atoms with Gasteiger partial charge >= 0.3 is 0 Å². The smallest absolute Gasteiger partial charge is 0.0772 e. The molecule has 0 fully saturated rings. The van der Waals surface area contributed by atoms with Crippen LogP contribution < -0.4 is 5.32 Å². The number of aromatic nitrogens is 4. The normalized spacial score (nSPS) is 12.8. The molecule has 0 amide bonds. The molecular formula is C14H23N5S. The summed E-state index contributed by atoms with van der Waals surface area (Å²) in [5, 5.41) is 12.3. The number of rotatable bonds is 7. The molecule has 2 aromatic rings. The topological polar surface area (TPSA) is 55.6 Å². The van der Waals surface area contributed by atoms with Gasteiger partial charge in [0.25, 0.3) is 0 Å². The highest BCUT2D eigenvalue weighted by molar-refractivity contribution is 7.05. The van der Waals surface area contributed by atoms with Crippen LogP contribution in [0.25, 0.3) is 0 Å². The van der Waals surface area contributed by atoms with Crippen molar-refractivity contribution in [1.82, 2.24) is 24.7 Å². The maximum absolute atomic E-state index is 4.53. The molecule has 0 aliphatic rings. The Morgan fingerprint density at radius 3 is 2.75 bits per heavy atom. The van der Waals surface area contributed by atoms with Crippen LogP contribution in [0, 0.1) is 13.8 Å². The maximum Gasteiger partial charge on any atom is 0.0772 e. The second-order valence-corrected chi connectivity index (χ2v) is 5.81. The fourth-order valence-electron chi connectivity index (χ4n) is 2.38. The molecule has 2 aromatic heterocycles. The van der Waals surface area contributed by atoms with Gasteiger partial charge in [0.05, 0.1) is 22.3 Å². The number of nitrogens with one attached hydrogen (secondary N) is 1. The van der Waals surface area contributed by atoms with Crippen LogP contribution in [0.3, 0.4) is 0 Å². The average molecular weight is 293 g/mol. The molecule has 6 heteroatoms. The van der Waals surface area contributed by atoms with Crippen LogP contribution in [0.2, 0.25) is 0 Å². The molecule has 0 radical (unpaired) electrons. The largest absolute Gasteiger partial charge is 0.309 e. The Bertz CT molecular complexity index is 546. The van der Waals surface area contributed by atoms with Crippen LogP contribution in [-0.2, 0) is 13.0 Å². The Morgan fingerprint density at radius 1 is 1.35 bits per heavy atom. The predicted octanol–water partition coefficient (Wildman–Crippen LogP) is 2.65. The number of hydrogen-bond acceptors (Lipinski definition) is 5. The van der Waals surface area contributed by atoms with E-state index >= 15 is 0 Å². The van der Waals surface area contributed by atoms with Gasteiger partial charge in [0.1, 0.15) is 0 Å². The van der Waals surface area contributed by atoms with Crippen LogP contribution in [0.5, 0.6) is 0 Å². The van der Waals surface area contributed by atoms with Crippen LogP contribution in [-0.4, -0.2) is 25.9 Å². The second-order valence-electron chi connectivity index (χ2n) is 5.03. The van der Waals surface area contributed by atoms with Gasteiger partial charge in [-0.25, -0.2) is 0 Å². The Kier molecular flexibility index (Phi) is 5.25. The van der Waals surface area contributed by atoms with Crippen molar-refractivity contribution >= 4 is 11.5 Å². The summed E-state index contributed by atoms with van der Waals surface area (Å²) in [6.07, 6.45) is 2.05. The minimum absolute atomic E-state index is 0.274. The summed E-state index contributed by atoms with van der Waals surface area (Å²) in [4.78, 5) is 1.24. The summed E-state index contributed by atoms with van der Waals surface area (Å²) >= 11 is 1.49. The lowest BCUT2D eigenvalue weighted by Gasteiger charge is -2.17. The molecule has 2 rings (SSSR count). The first-order valence-corrected chi connectivity index (χ1v) is 7.98. The van der Waals surface area contributed by atoms with Gasteiger partial charge < -0.3 is 5.32 Å². The van der Waals surface area contributed by atoms with Crippen molar-refractivity contribution in [3.05, 3.63) is 28.0 Å². The highest BCUT2D eigenvalue weighted by atomic mass is 32.1. The number of hydrogen-bond donors (Lipinski definition) is 1. The lowest BCUT2D eigenvalue weighted by atomic mass is 10.1. The minimum atomic E-state index is 0.274. The van der Waals surface area contributed by atoms with Crippen LogP contribution in [0.4, 0.5) is 0 Å². The lowest BCUT2D eigenvalue weighted by molar-refractivity contribution is 0.506. The van der Waals surface area contributed by atoms with Crippen LogP contribution in [0.15, 0.2) is 6.07 Å². The molecule has 110 valence electrons. The van der Waals surface area contributed by atoms with E-state index in [2.05, 4.69) is 44.6 Å². The first-order chi connectivity index (χ1) is 9.65. The summed E-state index contributed by atoms with van der Waals surface area (Å²) < 4.78 is 6.15. The average Bonchev–Trinajstić information content (AvgIpc) is 3.00. The first kappa shape index (κ1) is 15.1. The maximum atomic E-state index is 4.53. The van der Waals surface area contributed by atoms with Gasteiger partial charge in [-0.2, -0.15) is 5.10 Å². The van der Waals surface area contributed by atoms with E-state index in [-0.39, 0.29) is 6.04 Å². The third kappa shape index (κ3) is 3.43. The zero-order chi connectivity index (χ0) is 14.5. The Balaban J connectivity index is 2.21. The third-order valence-electron chi connectivity index (χ3n) is 3.34. The Labute approximate surface area is 124 Å². The first-order valence-electron chi connectivity index (χ1n) is 7.21. The number of nitrogens with zero attached hydrogens (tertiary/aromatic N) is 4. The molecule has 0 saturated carbocycles. The molecule has 2 heterocycles. The van der Waals surface area contributed by atoms with Crippen molar-refractivity contribution in [3.63, 3.8) is 0 Å². The van der Waals surface area contributed by atoms with Gasteiger partial charge in [0, 0.05) is 18.7 Å². The fraction of sp³-hybridized carbons (Fsp3) is 0.643. The molecule has 0 aromatic carbocycles. The second kappa shape index (κ2) is 6.95. The van der Waals surface area contributed by atoms with Gasteiger partial charge in [0.2, 0.25) is 0 Å². The van der Waals surface area contributed by atoms with Crippen molar-refractivity contribution < 1.29 is 0 Å². The highest BCUT2D eigenvalue weighted by Gasteiger charge is 2.19. The quantitative estimate of drug-likeness (QED) is 0.852. The van der Waals surface area contributed by atoms with E-state index in [1.807, 2.05) is 13.8 Å². The van der Waals surface area contributed by atoms with E-state index in [1.54, 1.807) is 0 Å². The van der Waals surface area contributed by atoms with E-state index in [0.29, 0.717) is 0 Å². The standard InChI is InChI=1S/C14H23N5S/c1-5-7-15-13(14-11(4)16-18-20-14)9-12-8-10(3)17-19(12)6-2/h8,13,15H,5-7,9H2,1-4H3. The fourth-order valence-corrected chi connectivity index (χ4v) is 3.10. The summed E-state index contributed by atoms with van der Waals surface area (Å²) in [6.45, 7) is 10.3. The zero-order valence-electron chi connectivity index (χ0n) is 12.7. The van der Waals surface area contributed by atoms with Crippen molar-refractivity contribution in [2.45, 2.75) is 53.1 Å². The Hall–Kier alpha value is -1.27. The van der Waals surface area contributed by atoms with Crippen LogP contribution >= 0.6 is 11.5 Å². The van der Waals surface area contributed by atoms with E-state index < -0.39 is 0 Å². The van der Waals surface area contributed by atoms with E-state index in [0.717, 1.165) is 37.3 Å². The molecule has 0 aliphatic carbocycles. The molecule has 5 nitrogen and oxygen atoms in total. The monoisotopic (exact) mass is 293 g/mol. The molecular weight excluding hydrogens is 270 g/mol. The number of aryl methyl sites for hydroxylation is 3. The molecule has 0 aliphatic heterocycles. The summed E-state index contributed by atoms with van der Waals surface area (Å²) in [7, 11) is 0. The SMILES string of the molecule is CCCNC(Cc1cc(C)nn1CC)c1snnc1C. The summed E-state index contributed by atoms with van der Waals surface area (Å²) in [6, 6.07) is 2.45. The Morgan fingerprint density at radius 2 is 2.15 bits per heavy atom. The van der Waals surface area contributed by atoms with Gasteiger partial charge in [-0.3, -0.25) is 4.68 Å². The van der Waals surface area contributed by atoms with Gasteiger partial charge in [-0.1, -0.05) is 11.4 Å². The van der Waals surface area contributed by atoms with Crippen molar-refractivity contribution in [2.24, 2.45) is 0 Å². The molecule has 1 atom stereocenters. The molecule has 0 bridgehead atoms. The molecule has 1 unspecified atom stereocenters. The van der Waals surface area contributed by atoms with Gasteiger partial charge in [0.15, 0.2) is 0 Å². The summed E-state index contributed by atoms with van der Waals surface area (Å²) in [5.74, 6) is 0. The lowest BCUT2D eigenvalue weighted by Crippen LogP contribution is -2.25. The van der Waals surface area contributed by atoms with E-state index in [4.69, 9.17) is 0 Å². The molecule has 1 N–H and O–H groups in total. The van der Waals surface area contributed by atoms with E-state index in [9.17, 15) is 0 Å². The van der Waals surface area contributed by atoms with Crippen molar-refractivity contribution in [1.29, 1.82) is 0 Å². The third-order valence-corrected chi connectivity index (χ3v) is 4.28. The zero-order valence-corrected chi connectivity index (χ0v) is 13.5. The van der Waals surface area contributed by atoms with E-state index in [1.165, 1.54) is 22.1 Å². The molecule has 0 spiro atoms. The van der Waals surface area contributed by atoms with Crippen LogP contribution in [0.1, 0.15) is 48.3 Å². The van der Waals surface area contributed by atoms with Crippen molar-refractivity contribution in [3.8, 4) is 0 Å². The highest BCUT2D eigenvalue weighted by Crippen LogP contribution is 2.24.